The normalized spacial score (nSPS) is 19.4. The van der Waals surface area contributed by atoms with Crippen LogP contribution in [0.4, 0.5) is 14.5 Å². The lowest BCUT2D eigenvalue weighted by Crippen LogP contribution is -2.39. The molecule has 1 aliphatic rings. The molecular formula is C12H12BrF2N3. The highest BCUT2D eigenvalue weighted by molar-refractivity contribution is 9.10. The number of alkyl halides is 2. The van der Waals surface area contributed by atoms with Crippen molar-refractivity contribution in [3.8, 4) is 0 Å². The van der Waals surface area contributed by atoms with Gasteiger partial charge in [-0.2, -0.15) is 5.10 Å². The topological polar surface area (TPSA) is 20.5 Å². The second-order valence-electron chi connectivity index (χ2n) is 4.55. The number of fused-ring (bicyclic) bond motifs is 1. The third-order valence-corrected chi connectivity index (χ3v) is 3.72. The minimum absolute atomic E-state index is 0.0835. The van der Waals surface area contributed by atoms with Gasteiger partial charge in [0.1, 0.15) is 0 Å². The maximum Gasteiger partial charge on any atom is 0.251 e. The Bertz CT molecular complexity index is 572. The summed E-state index contributed by atoms with van der Waals surface area (Å²) in [6.07, 6.45) is 3.40. The molecule has 3 heterocycles. The minimum atomic E-state index is -2.51. The van der Waals surface area contributed by atoms with E-state index in [4.69, 9.17) is 0 Å². The predicted molar refractivity (Wildman–Crippen MR) is 69.3 cm³/mol. The zero-order valence-electron chi connectivity index (χ0n) is 9.61. The van der Waals surface area contributed by atoms with E-state index >= 15 is 0 Å². The average Bonchev–Trinajstić information content (AvgIpc) is 2.76. The first kappa shape index (κ1) is 11.9. The predicted octanol–water partition coefficient (Wildman–Crippen LogP) is 3.33. The van der Waals surface area contributed by atoms with Crippen LogP contribution in [0.2, 0.25) is 0 Å². The molecule has 3 rings (SSSR count). The number of hydrogen-bond acceptors (Lipinski definition) is 2. The first-order valence-corrected chi connectivity index (χ1v) is 6.60. The number of hydrogen-bond donors (Lipinski definition) is 0. The second kappa shape index (κ2) is 4.19. The molecule has 0 radical (unpaired) electrons. The summed E-state index contributed by atoms with van der Waals surface area (Å²) >= 11 is 3.42. The first-order valence-electron chi connectivity index (χ1n) is 5.81. The molecule has 3 nitrogen and oxygen atoms in total. The van der Waals surface area contributed by atoms with Gasteiger partial charge in [0.15, 0.2) is 0 Å². The van der Waals surface area contributed by atoms with Gasteiger partial charge in [-0.15, -0.1) is 0 Å². The summed E-state index contributed by atoms with van der Waals surface area (Å²) in [5.74, 6) is -2.51. The van der Waals surface area contributed by atoms with Crippen molar-refractivity contribution in [3.05, 3.63) is 29.0 Å². The molecule has 0 spiro atoms. The molecule has 6 heteroatoms. The van der Waals surface area contributed by atoms with Crippen LogP contribution in [-0.2, 0) is 0 Å². The number of nitrogens with zero attached hydrogens (tertiary/aromatic N) is 3. The molecule has 1 fully saturated rings. The Labute approximate surface area is 112 Å². The molecule has 0 bridgehead atoms. The van der Waals surface area contributed by atoms with Gasteiger partial charge in [0.25, 0.3) is 5.92 Å². The van der Waals surface area contributed by atoms with E-state index in [1.54, 1.807) is 10.7 Å². The summed E-state index contributed by atoms with van der Waals surface area (Å²) in [7, 11) is 0. The lowest BCUT2D eigenvalue weighted by Gasteiger charge is -2.33. The van der Waals surface area contributed by atoms with Gasteiger partial charge >= 0.3 is 0 Å². The molecule has 0 aliphatic carbocycles. The van der Waals surface area contributed by atoms with E-state index in [9.17, 15) is 8.78 Å². The Hall–Kier alpha value is -1.17. The van der Waals surface area contributed by atoms with Gasteiger partial charge in [-0.25, -0.2) is 13.3 Å². The molecular weight excluding hydrogens is 304 g/mol. The molecule has 1 aliphatic heterocycles. The molecule has 1 saturated heterocycles. The zero-order chi connectivity index (χ0) is 12.8. The van der Waals surface area contributed by atoms with Crippen LogP contribution in [0, 0.1) is 0 Å². The number of halogens is 3. The molecule has 0 saturated carbocycles. The molecule has 2 aromatic rings. The fourth-order valence-electron chi connectivity index (χ4n) is 2.31. The maximum absolute atomic E-state index is 13.2. The fraction of sp³-hybridized carbons (Fsp3) is 0.417. The van der Waals surface area contributed by atoms with Crippen LogP contribution < -0.4 is 4.90 Å². The number of rotatable bonds is 1. The molecule has 0 aromatic carbocycles. The van der Waals surface area contributed by atoms with Crippen LogP contribution in [0.25, 0.3) is 5.52 Å². The summed E-state index contributed by atoms with van der Waals surface area (Å²) in [5.41, 5.74) is 1.90. The van der Waals surface area contributed by atoms with E-state index in [0.29, 0.717) is 13.1 Å². The van der Waals surface area contributed by atoms with Crippen molar-refractivity contribution in [2.75, 3.05) is 18.0 Å². The van der Waals surface area contributed by atoms with Crippen LogP contribution in [-0.4, -0.2) is 28.6 Å². The Balaban J connectivity index is 1.97. The zero-order valence-corrected chi connectivity index (χ0v) is 11.2. The standard InChI is InChI=1S/C12H12BrF2N3/c13-9-7-11(10-1-4-16-18(10)8-9)17-5-2-12(14,15)3-6-17/h1,4,7-8H,2-3,5-6H2. The third-order valence-electron chi connectivity index (χ3n) is 3.29. The van der Waals surface area contributed by atoms with Crippen molar-refractivity contribution in [2.24, 2.45) is 0 Å². The van der Waals surface area contributed by atoms with Gasteiger partial charge in [0.05, 0.1) is 17.4 Å². The van der Waals surface area contributed by atoms with Crippen molar-refractivity contribution >= 4 is 27.1 Å². The lowest BCUT2D eigenvalue weighted by molar-refractivity contribution is -0.0220. The second-order valence-corrected chi connectivity index (χ2v) is 5.46. The van der Waals surface area contributed by atoms with E-state index < -0.39 is 5.92 Å². The van der Waals surface area contributed by atoms with Crippen LogP contribution >= 0.6 is 15.9 Å². The lowest BCUT2D eigenvalue weighted by atomic mass is 10.1. The fourth-order valence-corrected chi connectivity index (χ4v) is 2.72. The van der Waals surface area contributed by atoms with Gasteiger partial charge in [-0.3, -0.25) is 0 Å². The molecule has 0 amide bonds. The van der Waals surface area contributed by atoms with Crippen molar-refractivity contribution in [1.29, 1.82) is 0 Å². The van der Waals surface area contributed by atoms with Crippen molar-refractivity contribution < 1.29 is 8.78 Å². The van der Waals surface area contributed by atoms with E-state index in [0.717, 1.165) is 15.7 Å². The van der Waals surface area contributed by atoms with Crippen LogP contribution in [0.15, 0.2) is 29.0 Å². The largest absolute Gasteiger partial charge is 0.369 e. The van der Waals surface area contributed by atoms with E-state index in [2.05, 4.69) is 21.0 Å². The van der Waals surface area contributed by atoms with Gasteiger partial charge in [0, 0.05) is 36.6 Å². The summed E-state index contributed by atoms with van der Waals surface area (Å²) < 4.78 is 29.0. The number of aromatic nitrogens is 2. The molecule has 96 valence electrons. The van der Waals surface area contributed by atoms with Crippen LogP contribution in [0.3, 0.4) is 0 Å². The Morgan fingerprint density at radius 2 is 2.00 bits per heavy atom. The van der Waals surface area contributed by atoms with Crippen LogP contribution in [0.5, 0.6) is 0 Å². The Kier molecular flexibility index (Phi) is 2.77. The highest BCUT2D eigenvalue weighted by Crippen LogP contribution is 2.33. The van der Waals surface area contributed by atoms with E-state index in [-0.39, 0.29) is 12.8 Å². The molecule has 0 N–H and O–H groups in total. The summed E-state index contributed by atoms with van der Waals surface area (Å²) in [4.78, 5) is 2.00. The number of pyridine rings is 1. The maximum atomic E-state index is 13.2. The SMILES string of the molecule is FC1(F)CCN(c2cc(Br)cn3nccc23)CC1. The summed E-state index contributed by atoms with van der Waals surface area (Å²) in [5, 5.41) is 4.18. The first-order chi connectivity index (χ1) is 8.55. The minimum Gasteiger partial charge on any atom is -0.369 e. The summed E-state index contributed by atoms with van der Waals surface area (Å²) in [6, 6.07) is 3.86. The number of anilines is 1. The van der Waals surface area contributed by atoms with Gasteiger partial charge in [-0.1, -0.05) is 0 Å². The van der Waals surface area contributed by atoms with Crippen molar-refractivity contribution in [2.45, 2.75) is 18.8 Å². The van der Waals surface area contributed by atoms with Gasteiger partial charge < -0.3 is 4.90 Å². The smallest absolute Gasteiger partial charge is 0.251 e. The van der Waals surface area contributed by atoms with E-state index in [1.165, 1.54) is 0 Å². The molecule has 2 aromatic heterocycles. The third kappa shape index (κ3) is 2.09. The Morgan fingerprint density at radius 1 is 1.28 bits per heavy atom. The van der Waals surface area contributed by atoms with Gasteiger partial charge in [0.2, 0.25) is 0 Å². The quantitative estimate of drug-likeness (QED) is 0.804. The summed E-state index contributed by atoms with van der Waals surface area (Å²) in [6.45, 7) is 0.759. The number of piperidine rings is 1. The van der Waals surface area contributed by atoms with Crippen molar-refractivity contribution in [1.82, 2.24) is 9.61 Å². The van der Waals surface area contributed by atoms with Crippen LogP contribution in [0.1, 0.15) is 12.8 Å². The molecule has 0 unspecified atom stereocenters. The highest BCUT2D eigenvalue weighted by Gasteiger charge is 2.34. The molecule has 18 heavy (non-hydrogen) atoms. The van der Waals surface area contributed by atoms with Gasteiger partial charge in [-0.05, 0) is 28.1 Å². The Morgan fingerprint density at radius 3 is 2.72 bits per heavy atom. The average molecular weight is 316 g/mol. The highest BCUT2D eigenvalue weighted by atomic mass is 79.9. The molecule has 0 atom stereocenters. The van der Waals surface area contributed by atoms with Crippen molar-refractivity contribution in [3.63, 3.8) is 0 Å². The monoisotopic (exact) mass is 315 g/mol. The van der Waals surface area contributed by atoms with E-state index in [1.807, 2.05) is 23.2 Å².